The van der Waals surface area contributed by atoms with Crippen molar-refractivity contribution >= 4 is 75.4 Å². The first-order chi connectivity index (χ1) is 20.5. The smallest absolute Gasteiger partial charge is 0.00235 e. The summed E-state index contributed by atoms with van der Waals surface area (Å²) in [6.45, 7) is 9.10. The Kier molecular flexibility index (Phi) is 5.63. The molecule has 0 saturated heterocycles. The molecule has 42 heavy (non-hydrogen) atoms. The van der Waals surface area contributed by atoms with E-state index in [1.54, 1.807) is 0 Å². The van der Waals surface area contributed by atoms with E-state index in [2.05, 4.69) is 149 Å². The lowest BCUT2D eigenvalue weighted by Gasteiger charge is -2.17. The summed E-state index contributed by atoms with van der Waals surface area (Å²) >= 11 is 0. The van der Waals surface area contributed by atoms with Crippen molar-refractivity contribution < 1.29 is 0 Å². The highest BCUT2D eigenvalue weighted by Gasteiger charge is 2.15. The number of hydrogen-bond donors (Lipinski definition) is 0. The van der Waals surface area contributed by atoms with E-state index in [-0.39, 0.29) is 0 Å². The first-order valence-corrected chi connectivity index (χ1v) is 15.3. The number of fused-ring (bicyclic) bond motifs is 2. The highest BCUT2D eigenvalue weighted by atomic mass is 14.2. The summed E-state index contributed by atoms with van der Waals surface area (Å²) in [5.41, 5.74) is 2.89. The maximum Gasteiger partial charge on any atom is -0.00235 e. The maximum absolute atomic E-state index is 2.33. The van der Waals surface area contributed by atoms with Gasteiger partial charge in [0.2, 0.25) is 0 Å². The minimum absolute atomic E-state index is 0.535. The van der Waals surface area contributed by atoms with Crippen LogP contribution in [0.4, 0.5) is 0 Å². The minimum Gasteiger partial charge on any atom is -0.0610 e. The Labute approximate surface area is 246 Å². The summed E-state index contributed by atoms with van der Waals surface area (Å²) in [5.74, 6) is 1.09. The molecule has 0 unspecified atom stereocenters. The van der Waals surface area contributed by atoms with Gasteiger partial charge in [0.25, 0.3) is 0 Å². The Bertz CT molecular complexity index is 2340. The molecule has 0 fully saturated rings. The zero-order valence-electron chi connectivity index (χ0n) is 24.7. The van der Waals surface area contributed by atoms with Gasteiger partial charge in [0, 0.05) is 0 Å². The summed E-state index contributed by atoms with van der Waals surface area (Å²) in [5, 5.41) is 19.4. The monoisotopic (exact) mass is 538 g/mol. The van der Waals surface area contributed by atoms with Gasteiger partial charge in [0.05, 0.1) is 0 Å². The van der Waals surface area contributed by atoms with Gasteiger partial charge in [-0.3, -0.25) is 0 Å². The number of benzene rings is 9. The van der Waals surface area contributed by atoms with Gasteiger partial charge >= 0.3 is 0 Å². The van der Waals surface area contributed by atoms with E-state index in [0.717, 1.165) is 0 Å². The first-order valence-electron chi connectivity index (χ1n) is 15.3. The van der Waals surface area contributed by atoms with Crippen LogP contribution in [0.25, 0.3) is 75.4 Å². The second-order valence-electron chi connectivity index (χ2n) is 12.5. The van der Waals surface area contributed by atoms with Crippen molar-refractivity contribution in [2.75, 3.05) is 0 Å². The van der Waals surface area contributed by atoms with Crippen LogP contribution < -0.4 is 0 Å². The second kappa shape index (κ2) is 9.43. The number of hydrogen-bond acceptors (Lipinski definition) is 0. The van der Waals surface area contributed by atoms with Crippen molar-refractivity contribution in [3.63, 3.8) is 0 Å². The number of rotatable bonds is 2. The lowest BCUT2D eigenvalue weighted by Crippen LogP contribution is -1.92. The molecule has 202 valence electrons. The van der Waals surface area contributed by atoms with Crippen LogP contribution >= 0.6 is 0 Å². The highest BCUT2D eigenvalue weighted by Crippen LogP contribution is 2.42. The van der Waals surface area contributed by atoms with Gasteiger partial charge in [-0.1, -0.05) is 149 Å². The molecule has 9 aromatic carbocycles. The van der Waals surface area contributed by atoms with Crippen LogP contribution in [0, 0.1) is 0 Å². The van der Waals surface area contributed by atoms with Gasteiger partial charge in [0.1, 0.15) is 0 Å². The maximum atomic E-state index is 2.33. The molecule has 0 N–H and O–H groups in total. The van der Waals surface area contributed by atoms with Crippen molar-refractivity contribution in [1.29, 1.82) is 0 Å². The third-order valence-corrected chi connectivity index (χ3v) is 9.37. The SMILES string of the molecule is CC(C)c1ccc2c3cccc4cccc(c5cccc1c52)c43.CC(C)c1ccc2ccc3cccc4ccc1c2c34. The zero-order valence-corrected chi connectivity index (χ0v) is 24.7. The van der Waals surface area contributed by atoms with Gasteiger partial charge < -0.3 is 0 Å². The van der Waals surface area contributed by atoms with E-state index in [4.69, 9.17) is 0 Å². The van der Waals surface area contributed by atoms with Crippen molar-refractivity contribution in [3.8, 4) is 0 Å². The molecule has 0 amide bonds. The van der Waals surface area contributed by atoms with Crippen molar-refractivity contribution in [2.45, 2.75) is 39.5 Å². The average molecular weight is 539 g/mol. The van der Waals surface area contributed by atoms with Crippen LogP contribution in [0.5, 0.6) is 0 Å². The van der Waals surface area contributed by atoms with Crippen LogP contribution in [0.1, 0.15) is 50.7 Å². The Balaban J connectivity index is 0.000000129. The van der Waals surface area contributed by atoms with E-state index in [1.807, 2.05) is 0 Å². The summed E-state index contributed by atoms with van der Waals surface area (Å²) in [7, 11) is 0. The standard InChI is InChI=1S/C23H18.C19H16/c1-14(2)16-12-13-21-19-9-4-7-15-6-3-8-18(22(15)19)20-11-5-10-17(16)23(20)21;1-12(2)16-10-8-15-7-6-13-4-3-5-14-9-11-17(16)19(15)18(13)14/h3-14H,1-2H3;3-12H,1-2H3. The predicted molar refractivity (Wildman–Crippen MR) is 186 cm³/mol. The van der Waals surface area contributed by atoms with E-state index >= 15 is 0 Å². The molecular formula is C42H34. The average Bonchev–Trinajstić information content (AvgIpc) is 3.02. The molecule has 0 nitrogen and oxygen atoms in total. The molecule has 0 aliphatic heterocycles. The molecule has 0 bridgehead atoms. The van der Waals surface area contributed by atoms with Gasteiger partial charge in [-0.05, 0) is 98.4 Å². The van der Waals surface area contributed by atoms with Crippen LogP contribution in [0.3, 0.4) is 0 Å². The van der Waals surface area contributed by atoms with Crippen LogP contribution in [0.15, 0.2) is 121 Å². The van der Waals surface area contributed by atoms with Gasteiger partial charge in [-0.2, -0.15) is 0 Å². The molecule has 0 heterocycles. The Morgan fingerprint density at radius 1 is 0.286 bits per heavy atom. The van der Waals surface area contributed by atoms with E-state index in [9.17, 15) is 0 Å². The lowest BCUT2D eigenvalue weighted by molar-refractivity contribution is 0.877. The second-order valence-corrected chi connectivity index (χ2v) is 12.5. The Morgan fingerprint density at radius 3 is 1.26 bits per heavy atom. The molecule has 0 saturated carbocycles. The largest absolute Gasteiger partial charge is 0.0610 e. The quantitative estimate of drug-likeness (QED) is 0.152. The fourth-order valence-electron chi connectivity index (χ4n) is 7.43. The minimum atomic E-state index is 0.535. The van der Waals surface area contributed by atoms with Crippen molar-refractivity contribution in [3.05, 3.63) is 132 Å². The van der Waals surface area contributed by atoms with Crippen LogP contribution in [-0.4, -0.2) is 0 Å². The summed E-state index contributed by atoms with van der Waals surface area (Å²) in [6.07, 6.45) is 0. The molecular weight excluding hydrogens is 504 g/mol. The molecule has 0 atom stereocenters. The van der Waals surface area contributed by atoms with Crippen LogP contribution in [-0.2, 0) is 0 Å². The van der Waals surface area contributed by atoms with Crippen molar-refractivity contribution in [1.82, 2.24) is 0 Å². The molecule has 0 spiro atoms. The molecule has 0 aromatic heterocycles. The van der Waals surface area contributed by atoms with E-state index in [0.29, 0.717) is 11.8 Å². The van der Waals surface area contributed by atoms with Gasteiger partial charge in [0.15, 0.2) is 0 Å². The van der Waals surface area contributed by atoms with Gasteiger partial charge in [-0.25, -0.2) is 0 Å². The van der Waals surface area contributed by atoms with Crippen LogP contribution in [0.2, 0.25) is 0 Å². The third-order valence-electron chi connectivity index (χ3n) is 9.37. The molecule has 9 rings (SSSR count). The highest BCUT2D eigenvalue weighted by molar-refractivity contribution is 6.33. The fraction of sp³-hybridized carbons (Fsp3) is 0.143. The normalized spacial score (nSPS) is 12.2. The van der Waals surface area contributed by atoms with E-state index in [1.165, 1.54) is 86.5 Å². The molecule has 9 aromatic rings. The Morgan fingerprint density at radius 2 is 0.643 bits per heavy atom. The topological polar surface area (TPSA) is 0 Å². The first kappa shape index (κ1) is 25.1. The lowest BCUT2D eigenvalue weighted by atomic mass is 9.86. The molecule has 0 radical (unpaired) electrons. The van der Waals surface area contributed by atoms with E-state index < -0.39 is 0 Å². The summed E-state index contributed by atoms with van der Waals surface area (Å²) in [4.78, 5) is 0. The summed E-state index contributed by atoms with van der Waals surface area (Å²) < 4.78 is 0. The predicted octanol–water partition coefficient (Wildman–Crippen LogP) is 12.6. The summed E-state index contributed by atoms with van der Waals surface area (Å²) in [6, 6.07) is 44.9. The molecule has 0 heteroatoms. The third kappa shape index (κ3) is 3.61. The van der Waals surface area contributed by atoms with Gasteiger partial charge in [-0.15, -0.1) is 0 Å². The Hall–Kier alpha value is -4.68. The molecule has 0 aliphatic rings. The zero-order chi connectivity index (χ0) is 28.5. The fourth-order valence-corrected chi connectivity index (χ4v) is 7.43. The van der Waals surface area contributed by atoms with Crippen molar-refractivity contribution in [2.24, 2.45) is 0 Å². The molecule has 0 aliphatic carbocycles.